The van der Waals surface area contributed by atoms with Crippen LogP contribution in [0.15, 0.2) is 131 Å². The molecular weight excluding hydrogens is 1340 g/mol. The molecule has 3 saturated carbocycles. The minimum Gasteiger partial charge on any atom is -0.467 e. The molecule has 8 heterocycles. The van der Waals surface area contributed by atoms with E-state index in [1.165, 1.54) is 45.2 Å². The fourth-order valence-corrected chi connectivity index (χ4v) is 11.5. The minimum atomic E-state index is -1.53. The Morgan fingerprint density at radius 2 is 0.970 bits per heavy atom. The van der Waals surface area contributed by atoms with Crippen molar-refractivity contribution in [1.29, 1.82) is 5.26 Å². The summed E-state index contributed by atoms with van der Waals surface area (Å²) in [6.45, 7) is 20.4. The summed E-state index contributed by atoms with van der Waals surface area (Å²) in [6.07, 6.45) is 15.9. The number of pyridine rings is 3. The summed E-state index contributed by atoms with van der Waals surface area (Å²) in [5.41, 5.74) is 27.5. The fraction of sp³-hybridized carbons (Fsp3) is 0.254. The molecule has 29 nitrogen and oxygen atoms in total. The quantitative estimate of drug-likeness (QED) is 0.0285. The number of nitrogens with one attached hydrogen (secondary N) is 2. The fourth-order valence-electron chi connectivity index (χ4n) is 10.8. The van der Waals surface area contributed by atoms with Gasteiger partial charge in [0, 0.05) is 89.5 Å². The third-order valence-corrected chi connectivity index (χ3v) is 16.9. The van der Waals surface area contributed by atoms with Crippen molar-refractivity contribution in [3.05, 3.63) is 208 Å². The average molecular weight is 1410 g/mol. The van der Waals surface area contributed by atoms with Gasteiger partial charge < -0.3 is 66.8 Å². The number of ether oxygens (including phenoxy) is 2. The standard InChI is InChI=1S/C24H22N8O2.C19H17ClN6O.C14H15ClN2O.C5H7BN2O3.C5H3ClN4/c1-13(30-21-18(26-2)12-27-23(25)31-21)19-9-14-5-4-6-17(15-10-28-24(34-3)29-11-15)20(14)22(33)32(19)16-7-8-16;1-10(24-17-14(22-2)9-23-19(21)25-17)15-8-11-4-3-5-13(20)16(11)18(27)26(15)12-6-7-12;1-8(16)12-7-9-3-2-4-11(15)13(9)14(18)17(12)10-5-6-10;1-11-5-7-2-4(3-8-5)6(9)10;6-4-3(1-7)2-9-5(8)10-4/h4-6,9-13,16H,7-8H2,1,3H3,(H3,25,27,30,31);3-5,8-10,12H,6-7H2,1H3,(H3,21,23,24,25);2-4,7-8,10H,5-6,16H2,1H3;2-3,9-10H,1H3;2H,(H2,8,9,10)/t13-;10-;8-;;/m000../s1. The van der Waals surface area contributed by atoms with E-state index in [0.717, 1.165) is 82.9 Å². The number of rotatable bonds is 14. The molecule has 100 heavy (non-hydrogen) atoms. The predicted molar refractivity (Wildman–Crippen MR) is 384 cm³/mol. The summed E-state index contributed by atoms with van der Waals surface area (Å²) in [5, 5.41) is 37.4. The number of methoxy groups -OCH3 is 2. The summed E-state index contributed by atoms with van der Waals surface area (Å²) in [5.74, 6) is 0.928. The number of hydrogen-bond acceptors (Lipinski definition) is 24. The molecule has 0 bridgehead atoms. The van der Waals surface area contributed by atoms with E-state index in [9.17, 15) is 14.4 Å². The number of nitriles is 1. The van der Waals surface area contributed by atoms with Gasteiger partial charge in [-0.2, -0.15) is 10.2 Å². The topological polar surface area (TPSA) is 414 Å². The van der Waals surface area contributed by atoms with E-state index < -0.39 is 7.12 Å². The van der Waals surface area contributed by atoms with Crippen LogP contribution in [0.4, 0.5) is 40.9 Å². The van der Waals surface area contributed by atoms with Gasteiger partial charge in [-0.05, 0) is 111 Å². The molecule has 3 aromatic carbocycles. The number of nitrogens with zero attached hydrogens (tertiary/aromatic N) is 16. The van der Waals surface area contributed by atoms with Gasteiger partial charge in [0.1, 0.15) is 23.3 Å². The summed E-state index contributed by atoms with van der Waals surface area (Å²) in [6, 6.07) is 24.8. The zero-order chi connectivity index (χ0) is 71.6. The maximum Gasteiger partial charge on any atom is 0.491 e. The smallest absolute Gasteiger partial charge is 0.467 e. The molecule has 14 rings (SSSR count). The second-order valence-electron chi connectivity index (χ2n) is 23.2. The Balaban J connectivity index is 0.000000145. The van der Waals surface area contributed by atoms with E-state index in [-0.39, 0.29) is 104 Å². The van der Waals surface area contributed by atoms with Crippen LogP contribution in [-0.2, 0) is 0 Å². The maximum atomic E-state index is 13.9. The minimum absolute atomic E-state index is 0.00657. The molecule has 0 aliphatic heterocycles. The van der Waals surface area contributed by atoms with Crippen molar-refractivity contribution in [1.82, 2.24) is 63.5 Å². The highest BCUT2D eigenvalue weighted by Crippen LogP contribution is 2.41. The van der Waals surface area contributed by atoms with Crippen LogP contribution in [-0.4, -0.2) is 94.9 Å². The molecule has 3 aliphatic rings. The van der Waals surface area contributed by atoms with Gasteiger partial charge in [-0.3, -0.25) is 14.4 Å². The van der Waals surface area contributed by atoms with Crippen molar-refractivity contribution in [3.63, 3.8) is 0 Å². The largest absolute Gasteiger partial charge is 0.491 e. The molecule has 3 atom stereocenters. The van der Waals surface area contributed by atoms with Crippen LogP contribution in [0.3, 0.4) is 0 Å². The van der Waals surface area contributed by atoms with Gasteiger partial charge in [-0.25, -0.2) is 54.5 Å². The second-order valence-corrected chi connectivity index (χ2v) is 24.3. The maximum absolute atomic E-state index is 13.9. The van der Waals surface area contributed by atoms with Crippen molar-refractivity contribution in [2.75, 3.05) is 42.1 Å². The number of aromatic nitrogens is 13. The van der Waals surface area contributed by atoms with Crippen LogP contribution in [0.25, 0.3) is 53.1 Å². The lowest BCUT2D eigenvalue weighted by molar-refractivity contribution is 0.379. The van der Waals surface area contributed by atoms with Crippen molar-refractivity contribution in [2.24, 2.45) is 5.73 Å². The highest BCUT2D eigenvalue weighted by Gasteiger charge is 2.33. The van der Waals surface area contributed by atoms with E-state index in [4.69, 9.17) is 90.9 Å². The molecular formula is C67H64BCl3N22O7. The van der Waals surface area contributed by atoms with Gasteiger partial charge in [0.05, 0.1) is 71.8 Å². The van der Waals surface area contributed by atoms with Gasteiger partial charge in [0.2, 0.25) is 29.2 Å². The van der Waals surface area contributed by atoms with E-state index >= 15 is 0 Å². The van der Waals surface area contributed by atoms with Crippen molar-refractivity contribution < 1.29 is 19.5 Å². The zero-order valence-corrected chi connectivity index (χ0v) is 56.6. The molecule has 33 heteroatoms. The van der Waals surface area contributed by atoms with Gasteiger partial charge in [0.25, 0.3) is 16.7 Å². The van der Waals surface area contributed by atoms with Crippen molar-refractivity contribution >= 4 is 121 Å². The first-order chi connectivity index (χ1) is 48.1. The van der Waals surface area contributed by atoms with Crippen molar-refractivity contribution in [2.45, 2.75) is 95.5 Å². The van der Waals surface area contributed by atoms with E-state index in [2.05, 4.69) is 74.9 Å². The number of nitrogens with two attached hydrogens (primary N) is 4. The number of hydrogen-bond donors (Lipinski definition) is 8. The molecule has 0 amide bonds. The highest BCUT2D eigenvalue weighted by atomic mass is 35.5. The third kappa shape index (κ3) is 16.4. The first-order valence-electron chi connectivity index (χ1n) is 31.0. The van der Waals surface area contributed by atoms with Crippen LogP contribution >= 0.6 is 34.8 Å². The molecule has 3 fully saturated rings. The summed E-state index contributed by atoms with van der Waals surface area (Å²) in [7, 11) is 1.42. The molecule has 0 saturated heterocycles. The second kappa shape index (κ2) is 31.4. The molecule has 12 N–H and O–H groups in total. The summed E-state index contributed by atoms with van der Waals surface area (Å²) >= 11 is 17.9. The predicted octanol–water partition coefficient (Wildman–Crippen LogP) is 9.74. The first-order valence-corrected chi connectivity index (χ1v) is 32.1. The van der Waals surface area contributed by atoms with Crippen LogP contribution in [0.2, 0.25) is 15.2 Å². The highest BCUT2D eigenvalue weighted by molar-refractivity contribution is 6.58. The molecule has 11 aromatic rings. The molecule has 0 unspecified atom stereocenters. The Morgan fingerprint density at radius 3 is 1.37 bits per heavy atom. The Bertz CT molecular complexity index is 5190. The number of anilines is 5. The Morgan fingerprint density at radius 1 is 0.580 bits per heavy atom. The van der Waals surface area contributed by atoms with Crippen molar-refractivity contribution in [3.8, 4) is 29.2 Å². The number of fused-ring (bicyclic) bond motifs is 3. The van der Waals surface area contributed by atoms with Crippen LogP contribution < -0.4 is 65.2 Å². The number of halogens is 3. The molecule has 0 spiro atoms. The summed E-state index contributed by atoms with van der Waals surface area (Å²) < 4.78 is 15.2. The third-order valence-electron chi connectivity index (χ3n) is 16.0. The van der Waals surface area contributed by atoms with Gasteiger partial charge in [0.15, 0.2) is 5.15 Å². The van der Waals surface area contributed by atoms with E-state index in [1.54, 1.807) is 24.5 Å². The van der Waals surface area contributed by atoms with Crippen LogP contribution in [0.5, 0.6) is 12.0 Å². The summed E-state index contributed by atoms with van der Waals surface area (Å²) in [4.78, 5) is 85.4. The lowest BCUT2D eigenvalue weighted by Gasteiger charge is -2.22. The molecule has 508 valence electrons. The van der Waals surface area contributed by atoms with Crippen LogP contribution in [0.1, 0.15) is 118 Å². The monoisotopic (exact) mass is 1400 g/mol. The molecule has 0 radical (unpaired) electrons. The number of benzene rings is 3. The van der Waals surface area contributed by atoms with E-state index in [1.807, 2.05) is 101 Å². The van der Waals surface area contributed by atoms with Crippen LogP contribution in [0, 0.1) is 24.5 Å². The molecule has 3 aliphatic carbocycles. The molecule has 8 aromatic heterocycles. The first kappa shape index (κ1) is 71.3. The Kier molecular flexibility index (Phi) is 22.4. The Labute approximate surface area is 586 Å². The SMILES string of the molecule is COc1ncc(B(O)O)cn1.C[C@H](N)c1cc2cccc(Cl)c2c(=O)n1C1CC1.N#Cc1cnc(N)nc1Cl.[C-]#[N+]c1cnc(N)nc1N[C@@H](C)c1cc2cccc(-c3cnc(OC)nc3)c2c(=O)n1C1CC1.[C-]#[N+]c1cnc(N)nc1N[C@@H](C)c1cc2cccc(Cl)c2c(=O)n1C1CC1. The lowest BCUT2D eigenvalue weighted by Crippen LogP contribution is -2.30. The normalized spacial score (nSPS) is 13.7. The average Bonchev–Trinajstić information content (AvgIpc) is 1.45. The van der Waals surface area contributed by atoms with Gasteiger partial charge in [-0.15, -0.1) is 0 Å². The Hall–Kier alpha value is -11.4. The van der Waals surface area contributed by atoms with E-state index in [0.29, 0.717) is 43.9 Å². The van der Waals surface area contributed by atoms with Gasteiger partial charge in [-0.1, -0.05) is 77.3 Å². The lowest BCUT2D eigenvalue weighted by atomic mass is 9.83. The van der Waals surface area contributed by atoms with Gasteiger partial charge >= 0.3 is 19.1 Å². The number of nitrogen functional groups attached to an aromatic ring is 3. The zero-order valence-electron chi connectivity index (χ0n) is 54.3.